The molecule has 3 atom stereocenters. The molecule has 0 aliphatic carbocycles. The van der Waals surface area contributed by atoms with Crippen molar-refractivity contribution in [2.45, 2.75) is 38.8 Å². The number of nitrogens with one attached hydrogen (secondary N) is 1. The van der Waals surface area contributed by atoms with Gasteiger partial charge in [0.25, 0.3) is 0 Å². The van der Waals surface area contributed by atoms with Gasteiger partial charge in [0.2, 0.25) is 5.91 Å². The molecule has 0 bridgehead atoms. The van der Waals surface area contributed by atoms with E-state index in [2.05, 4.69) is 17.1 Å². The highest BCUT2D eigenvalue weighted by atomic mass is 16.2. The van der Waals surface area contributed by atoms with E-state index in [0.29, 0.717) is 18.5 Å². The van der Waals surface area contributed by atoms with Crippen LogP contribution in [0.2, 0.25) is 0 Å². The van der Waals surface area contributed by atoms with Crippen LogP contribution < -0.4 is 11.1 Å². The molecule has 4 heteroatoms. The Kier molecular flexibility index (Phi) is 5.15. The molecule has 3 N–H and O–H groups in total. The molecule has 4 nitrogen and oxygen atoms in total. The van der Waals surface area contributed by atoms with Gasteiger partial charge in [-0.3, -0.25) is 9.69 Å². The molecule has 1 aromatic rings. The third-order valence-corrected chi connectivity index (χ3v) is 4.28. The van der Waals surface area contributed by atoms with Crippen LogP contribution in [0.3, 0.4) is 0 Å². The van der Waals surface area contributed by atoms with Gasteiger partial charge in [0, 0.05) is 18.3 Å². The van der Waals surface area contributed by atoms with E-state index < -0.39 is 0 Å². The van der Waals surface area contributed by atoms with E-state index in [1.54, 1.807) is 0 Å². The monoisotopic (exact) mass is 275 g/mol. The highest BCUT2D eigenvalue weighted by Crippen LogP contribution is 2.23. The highest BCUT2D eigenvalue weighted by molar-refractivity contribution is 5.94. The summed E-state index contributed by atoms with van der Waals surface area (Å²) in [4.78, 5) is 14.6. The fraction of sp³-hybridized carbons (Fsp3) is 0.562. The van der Waals surface area contributed by atoms with Gasteiger partial charge in [-0.2, -0.15) is 0 Å². The van der Waals surface area contributed by atoms with Gasteiger partial charge in [-0.25, -0.2) is 0 Å². The molecule has 20 heavy (non-hydrogen) atoms. The minimum atomic E-state index is -0.125. The molecule has 0 spiro atoms. The molecule has 1 aromatic carbocycles. The zero-order valence-electron chi connectivity index (χ0n) is 12.4. The van der Waals surface area contributed by atoms with Crippen molar-refractivity contribution in [3.8, 4) is 0 Å². The Balaban J connectivity index is 1.98. The SMILES string of the molecule is CC1CCC(CN)CN1C(C)C(=O)Nc1ccccc1. The van der Waals surface area contributed by atoms with Gasteiger partial charge >= 0.3 is 0 Å². The Hall–Kier alpha value is -1.39. The van der Waals surface area contributed by atoms with Crippen LogP contribution in [0.15, 0.2) is 30.3 Å². The minimum Gasteiger partial charge on any atom is -0.330 e. The van der Waals surface area contributed by atoms with Crippen molar-refractivity contribution in [1.29, 1.82) is 0 Å². The molecule has 1 heterocycles. The van der Waals surface area contributed by atoms with E-state index in [9.17, 15) is 4.79 Å². The number of carbonyl (C=O) groups is 1. The van der Waals surface area contributed by atoms with Gasteiger partial charge in [-0.1, -0.05) is 18.2 Å². The Labute approximate surface area is 121 Å². The summed E-state index contributed by atoms with van der Waals surface area (Å²) < 4.78 is 0. The number of nitrogens with two attached hydrogens (primary N) is 1. The van der Waals surface area contributed by atoms with Crippen LogP contribution in [0.1, 0.15) is 26.7 Å². The first-order valence-electron chi connectivity index (χ1n) is 7.43. The lowest BCUT2D eigenvalue weighted by Crippen LogP contribution is -2.52. The lowest BCUT2D eigenvalue weighted by atomic mass is 9.92. The van der Waals surface area contributed by atoms with Crippen LogP contribution in [0.4, 0.5) is 5.69 Å². The number of anilines is 1. The number of nitrogens with zero attached hydrogens (tertiary/aromatic N) is 1. The van der Waals surface area contributed by atoms with Gasteiger partial charge in [0.15, 0.2) is 0 Å². The van der Waals surface area contributed by atoms with Crippen LogP contribution in [0.5, 0.6) is 0 Å². The Bertz CT molecular complexity index is 435. The first-order chi connectivity index (χ1) is 9.61. The summed E-state index contributed by atoms with van der Waals surface area (Å²) in [5.74, 6) is 0.568. The van der Waals surface area contributed by atoms with Crippen LogP contribution >= 0.6 is 0 Å². The van der Waals surface area contributed by atoms with Crippen LogP contribution in [-0.2, 0) is 4.79 Å². The smallest absolute Gasteiger partial charge is 0.241 e. The molecule has 0 saturated carbocycles. The summed E-state index contributed by atoms with van der Waals surface area (Å²) in [7, 11) is 0. The standard InChI is InChI=1S/C16H25N3O/c1-12-8-9-14(10-17)11-19(12)13(2)16(20)18-15-6-4-3-5-7-15/h3-7,12-14H,8-11,17H2,1-2H3,(H,18,20). The second-order valence-corrected chi connectivity index (χ2v) is 5.76. The third-order valence-electron chi connectivity index (χ3n) is 4.28. The topological polar surface area (TPSA) is 58.4 Å². The van der Waals surface area contributed by atoms with Crippen molar-refractivity contribution in [1.82, 2.24) is 4.90 Å². The fourth-order valence-electron chi connectivity index (χ4n) is 2.86. The molecule has 3 unspecified atom stereocenters. The molecule has 110 valence electrons. The molecule has 0 aromatic heterocycles. The van der Waals surface area contributed by atoms with Crippen molar-refractivity contribution in [2.24, 2.45) is 11.7 Å². The first kappa shape index (κ1) is 15.0. The van der Waals surface area contributed by atoms with E-state index in [1.807, 2.05) is 37.3 Å². The number of rotatable bonds is 4. The lowest BCUT2D eigenvalue weighted by molar-refractivity contribution is -0.122. The van der Waals surface area contributed by atoms with Gasteiger partial charge in [0.05, 0.1) is 6.04 Å². The summed E-state index contributed by atoms with van der Waals surface area (Å²) in [6.45, 7) is 5.80. The number of amides is 1. The van der Waals surface area contributed by atoms with Crippen molar-refractivity contribution >= 4 is 11.6 Å². The summed E-state index contributed by atoms with van der Waals surface area (Å²) in [5.41, 5.74) is 6.63. The Morgan fingerprint density at radius 2 is 2.10 bits per heavy atom. The normalized spacial score (nSPS) is 25.1. The molecule has 2 rings (SSSR count). The predicted octanol–water partition coefficient (Wildman–Crippen LogP) is 2.07. The number of piperidine rings is 1. The van der Waals surface area contributed by atoms with Crippen molar-refractivity contribution in [2.75, 3.05) is 18.4 Å². The van der Waals surface area contributed by atoms with Gasteiger partial charge in [0.1, 0.15) is 0 Å². The third kappa shape index (κ3) is 3.58. The largest absolute Gasteiger partial charge is 0.330 e. The second kappa shape index (κ2) is 6.86. The molecule has 1 amide bonds. The van der Waals surface area contributed by atoms with Crippen molar-refractivity contribution in [3.63, 3.8) is 0 Å². The van der Waals surface area contributed by atoms with E-state index >= 15 is 0 Å². The molecular weight excluding hydrogens is 250 g/mol. The maximum Gasteiger partial charge on any atom is 0.241 e. The zero-order chi connectivity index (χ0) is 14.5. The fourth-order valence-corrected chi connectivity index (χ4v) is 2.86. The minimum absolute atomic E-state index is 0.0562. The van der Waals surface area contributed by atoms with Crippen molar-refractivity contribution < 1.29 is 4.79 Å². The predicted molar refractivity (Wildman–Crippen MR) is 82.5 cm³/mol. The molecule has 1 aliphatic rings. The first-order valence-corrected chi connectivity index (χ1v) is 7.43. The molecular formula is C16H25N3O. The van der Waals surface area contributed by atoms with Crippen LogP contribution in [-0.4, -0.2) is 36.0 Å². The maximum absolute atomic E-state index is 12.4. The Morgan fingerprint density at radius 1 is 1.40 bits per heavy atom. The molecule has 1 aliphatic heterocycles. The number of para-hydroxylation sites is 1. The average molecular weight is 275 g/mol. The number of benzene rings is 1. The number of likely N-dealkylation sites (tertiary alicyclic amines) is 1. The van der Waals surface area contributed by atoms with Crippen molar-refractivity contribution in [3.05, 3.63) is 30.3 Å². The summed E-state index contributed by atoms with van der Waals surface area (Å²) in [5, 5.41) is 2.98. The molecule has 0 radical (unpaired) electrons. The Morgan fingerprint density at radius 3 is 2.75 bits per heavy atom. The number of hydrogen-bond donors (Lipinski definition) is 2. The maximum atomic E-state index is 12.4. The highest BCUT2D eigenvalue weighted by Gasteiger charge is 2.31. The van der Waals surface area contributed by atoms with Gasteiger partial charge < -0.3 is 11.1 Å². The summed E-state index contributed by atoms with van der Waals surface area (Å²) in [6.07, 6.45) is 2.28. The van der Waals surface area contributed by atoms with Gasteiger partial charge in [-0.15, -0.1) is 0 Å². The van der Waals surface area contributed by atoms with E-state index in [-0.39, 0.29) is 11.9 Å². The average Bonchev–Trinajstić information content (AvgIpc) is 2.48. The quantitative estimate of drug-likeness (QED) is 0.884. The van der Waals surface area contributed by atoms with Gasteiger partial charge in [-0.05, 0) is 51.3 Å². The number of hydrogen-bond acceptors (Lipinski definition) is 3. The molecule has 1 fully saturated rings. The van der Waals surface area contributed by atoms with Crippen LogP contribution in [0.25, 0.3) is 0 Å². The molecule has 1 saturated heterocycles. The lowest BCUT2D eigenvalue weighted by Gasteiger charge is -2.40. The van der Waals surface area contributed by atoms with Crippen LogP contribution in [0, 0.1) is 5.92 Å². The number of carbonyl (C=O) groups excluding carboxylic acids is 1. The zero-order valence-corrected chi connectivity index (χ0v) is 12.4. The summed E-state index contributed by atoms with van der Waals surface area (Å²) in [6, 6.07) is 9.92. The van der Waals surface area contributed by atoms with E-state index in [1.165, 1.54) is 6.42 Å². The second-order valence-electron chi connectivity index (χ2n) is 5.76. The van der Waals surface area contributed by atoms with E-state index in [0.717, 1.165) is 18.7 Å². The summed E-state index contributed by atoms with van der Waals surface area (Å²) >= 11 is 0. The van der Waals surface area contributed by atoms with E-state index in [4.69, 9.17) is 5.73 Å².